The second kappa shape index (κ2) is 6.60. The van der Waals surface area contributed by atoms with Crippen molar-refractivity contribution in [3.63, 3.8) is 0 Å². The summed E-state index contributed by atoms with van der Waals surface area (Å²) in [6.45, 7) is 0.759. The van der Waals surface area contributed by atoms with Crippen molar-refractivity contribution < 1.29 is 24.4 Å². The minimum Gasteiger partial charge on any atom is -0.534 e. The van der Waals surface area contributed by atoms with Crippen molar-refractivity contribution in [1.29, 1.82) is 0 Å². The maximum Gasteiger partial charge on any atom is 0.547 e. The number of carbonyl (C=O) groups is 2. The van der Waals surface area contributed by atoms with Gasteiger partial charge in [-0.3, -0.25) is 4.79 Å². The molecule has 0 aliphatic carbocycles. The molecule has 27 heavy (non-hydrogen) atoms. The predicted molar refractivity (Wildman–Crippen MR) is 98.5 cm³/mol. The molecule has 0 spiro atoms. The Bertz CT molecular complexity index is 935. The van der Waals surface area contributed by atoms with Gasteiger partial charge in [-0.15, -0.1) is 0 Å². The molecule has 0 bridgehead atoms. The van der Waals surface area contributed by atoms with Crippen LogP contribution in [0.2, 0.25) is 0 Å². The number of carboxylic acid groups (broad SMARTS) is 1. The zero-order valence-corrected chi connectivity index (χ0v) is 14.6. The molecule has 4 rings (SSSR count). The van der Waals surface area contributed by atoms with Crippen LogP contribution in [0.3, 0.4) is 0 Å². The number of benzene rings is 2. The Morgan fingerprint density at radius 2 is 2.11 bits per heavy atom. The average molecular weight is 367 g/mol. The number of nitrogens with zero attached hydrogens (tertiary/aromatic N) is 1. The molecule has 1 amide bonds. The lowest BCUT2D eigenvalue weighted by Crippen LogP contribution is -2.53. The third kappa shape index (κ3) is 3.22. The van der Waals surface area contributed by atoms with Crippen molar-refractivity contribution in [2.45, 2.75) is 18.9 Å². The highest BCUT2D eigenvalue weighted by Crippen LogP contribution is 2.30. The van der Waals surface area contributed by atoms with Crippen molar-refractivity contribution in [2.24, 2.45) is 0 Å². The van der Waals surface area contributed by atoms with Crippen LogP contribution in [-0.4, -0.2) is 47.1 Å². The molecule has 0 radical (unpaired) electrons. The first-order valence-electron chi connectivity index (χ1n) is 8.54. The van der Waals surface area contributed by atoms with Gasteiger partial charge in [-0.2, -0.15) is 0 Å². The SMILES string of the molecule is CN1Cc2ccc(C(=O)NC3Cc4cccc(C(=O)O)c4OB3O)cc2N1. The molecule has 2 aliphatic rings. The highest BCUT2D eigenvalue weighted by atomic mass is 16.5. The molecule has 2 aliphatic heterocycles. The number of aromatic carboxylic acids is 1. The Labute approximate surface area is 155 Å². The van der Waals surface area contributed by atoms with Gasteiger partial charge in [0.1, 0.15) is 5.75 Å². The normalized spacial score (nSPS) is 18.1. The van der Waals surface area contributed by atoms with Crippen molar-refractivity contribution in [3.8, 4) is 5.75 Å². The third-order valence-corrected chi connectivity index (χ3v) is 4.76. The number of carbonyl (C=O) groups excluding carboxylic acids is 1. The molecular formula is C18H18BN3O5. The fourth-order valence-electron chi connectivity index (χ4n) is 3.43. The van der Waals surface area contributed by atoms with Crippen LogP contribution in [0, 0.1) is 0 Å². The Kier molecular flexibility index (Phi) is 4.25. The van der Waals surface area contributed by atoms with E-state index in [0.717, 1.165) is 17.8 Å². The monoisotopic (exact) mass is 367 g/mol. The van der Waals surface area contributed by atoms with Gasteiger partial charge in [0, 0.05) is 19.2 Å². The largest absolute Gasteiger partial charge is 0.547 e. The van der Waals surface area contributed by atoms with Crippen LogP contribution in [0.1, 0.15) is 31.8 Å². The second-order valence-electron chi connectivity index (χ2n) is 6.73. The molecule has 138 valence electrons. The fourth-order valence-corrected chi connectivity index (χ4v) is 3.43. The summed E-state index contributed by atoms with van der Waals surface area (Å²) in [5, 5.41) is 24.2. The first kappa shape index (κ1) is 17.4. The number of fused-ring (bicyclic) bond motifs is 2. The Morgan fingerprint density at radius 3 is 2.89 bits per heavy atom. The second-order valence-corrected chi connectivity index (χ2v) is 6.73. The van der Waals surface area contributed by atoms with Crippen LogP contribution in [0.5, 0.6) is 5.75 Å². The number of nitrogens with one attached hydrogen (secondary N) is 2. The van der Waals surface area contributed by atoms with Crippen molar-refractivity contribution >= 4 is 24.7 Å². The molecular weight excluding hydrogens is 349 g/mol. The van der Waals surface area contributed by atoms with Gasteiger partial charge >= 0.3 is 13.1 Å². The Balaban J connectivity index is 1.52. The van der Waals surface area contributed by atoms with Gasteiger partial charge in [0.2, 0.25) is 0 Å². The van der Waals surface area contributed by atoms with Crippen LogP contribution in [0.15, 0.2) is 36.4 Å². The topological polar surface area (TPSA) is 111 Å². The molecule has 8 nitrogen and oxygen atoms in total. The zero-order chi connectivity index (χ0) is 19.1. The van der Waals surface area contributed by atoms with Gasteiger partial charge in [0.15, 0.2) is 0 Å². The van der Waals surface area contributed by atoms with Gasteiger partial charge in [-0.25, -0.2) is 9.80 Å². The highest BCUT2D eigenvalue weighted by molar-refractivity contribution is 6.47. The lowest BCUT2D eigenvalue weighted by molar-refractivity contribution is 0.0693. The van der Waals surface area contributed by atoms with E-state index in [1.807, 2.05) is 18.1 Å². The molecule has 2 heterocycles. The van der Waals surface area contributed by atoms with E-state index < -0.39 is 19.0 Å². The van der Waals surface area contributed by atoms with Crippen LogP contribution in [-0.2, 0) is 13.0 Å². The minimum absolute atomic E-state index is 0.00913. The number of amides is 1. The van der Waals surface area contributed by atoms with E-state index >= 15 is 0 Å². The van der Waals surface area contributed by atoms with E-state index in [2.05, 4.69) is 10.7 Å². The van der Waals surface area contributed by atoms with E-state index in [4.69, 9.17) is 4.65 Å². The van der Waals surface area contributed by atoms with Gasteiger partial charge in [0.25, 0.3) is 5.91 Å². The third-order valence-electron chi connectivity index (χ3n) is 4.76. The number of para-hydroxylation sites is 1. The first-order chi connectivity index (χ1) is 12.9. The summed E-state index contributed by atoms with van der Waals surface area (Å²) in [7, 11) is 0.582. The van der Waals surface area contributed by atoms with E-state index in [1.54, 1.807) is 24.3 Å². The van der Waals surface area contributed by atoms with E-state index in [9.17, 15) is 19.7 Å². The van der Waals surface area contributed by atoms with Crippen LogP contribution in [0.25, 0.3) is 0 Å². The van der Waals surface area contributed by atoms with Gasteiger partial charge in [0.05, 0.1) is 17.2 Å². The summed E-state index contributed by atoms with van der Waals surface area (Å²) in [5.41, 5.74) is 6.22. The average Bonchev–Trinajstić information content (AvgIpc) is 3.00. The number of hydrazine groups is 1. The van der Waals surface area contributed by atoms with Crippen molar-refractivity contribution in [3.05, 3.63) is 58.7 Å². The molecule has 0 fully saturated rings. The van der Waals surface area contributed by atoms with Crippen LogP contribution >= 0.6 is 0 Å². The highest BCUT2D eigenvalue weighted by Gasteiger charge is 2.38. The van der Waals surface area contributed by atoms with E-state index in [1.165, 1.54) is 6.07 Å². The molecule has 1 atom stereocenters. The maximum atomic E-state index is 12.6. The summed E-state index contributed by atoms with van der Waals surface area (Å²) in [6.07, 6.45) is 0.273. The molecule has 0 saturated heterocycles. The zero-order valence-electron chi connectivity index (χ0n) is 14.6. The number of carboxylic acids is 1. The molecule has 2 aromatic carbocycles. The predicted octanol–water partition coefficient (Wildman–Crippen LogP) is 0.910. The minimum atomic E-state index is -1.33. The number of hydrogen-bond donors (Lipinski definition) is 4. The van der Waals surface area contributed by atoms with Crippen molar-refractivity contribution in [1.82, 2.24) is 10.3 Å². The van der Waals surface area contributed by atoms with Gasteiger partial charge < -0.3 is 25.5 Å². The summed E-state index contributed by atoms with van der Waals surface area (Å²) < 4.78 is 5.40. The van der Waals surface area contributed by atoms with Crippen molar-refractivity contribution in [2.75, 3.05) is 12.5 Å². The quantitative estimate of drug-likeness (QED) is 0.597. The fraction of sp³-hybridized carbons (Fsp3) is 0.222. The summed E-state index contributed by atoms with van der Waals surface area (Å²) in [4.78, 5) is 23.9. The maximum absolute atomic E-state index is 12.6. The molecule has 0 aromatic heterocycles. The smallest absolute Gasteiger partial charge is 0.534 e. The Morgan fingerprint density at radius 1 is 1.30 bits per heavy atom. The molecule has 4 N–H and O–H groups in total. The first-order valence-corrected chi connectivity index (χ1v) is 8.54. The van der Waals surface area contributed by atoms with Crippen LogP contribution in [0.4, 0.5) is 5.69 Å². The summed E-state index contributed by atoms with van der Waals surface area (Å²) in [5.74, 6) is -2.00. The number of hydrogen-bond acceptors (Lipinski definition) is 6. The Hall–Kier alpha value is -3.04. The molecule has 2 aromatic rings. The van der Waals surface area contributed by atoms with E-state index in [-0.39, 0.29) is 23.6 Å². The van der Waals surface area contributed by atoms with Crippen LogP contribution < -0.4 is 15.4 Å². The summed E-state index contributed by atoms with van der Waals surface area (Å²) >= 11 is 0. The lowest BCUT2D eigenvalue weighted by Gasteiger charge is -2.28. The molecule has 1 unspecified atom stereocenters. The molecule has 0 saturated carbocycles. The van der Waals surface area contributed by atoms with Gasteiger partial charge in [-0.05, 0) is 35.7 Å². The molecule has 9 heteroatoms. The summed E-state index contributed by atoms with van der Waals surface area (Å²) in [6, 6.07) is 10.2. The van der Waals surface area contributed by atoms with E-state index in [0.29, 0.717) is 11.1 Å². The standard InChI is InChI=1S/C18H18BN3O5/c1-22-9-12-6-5-11(7-14(12)21-22)17(23)20-15-8-10-3-2-4-13(18(24)25)16(10)27-19(15)26/h2-7,15,21,26H,8-9H2,1H3,(H,20,23)(H,24,25). The van der Waals surface area contributed by atoms with Gasteiger partial charge in [-0.1, -0.05) is 18.2 Å². The lowest BCUT2D eigenvalue weighted by atomic mass is 9.72. The number of anilines is 1. The number of rotatable bonds is 3.